The smallest absolute Gasteiger partial charge is 0.253 e. The van der Waals surface area contributed by atoms with Crippen LogP contribution in [0.2, 0.25) is 0 Å². The minimum Gasteiger partial charge on any atom is -0.351 e. The van der Waals surface area contributed by atoms with Crippen LogP contribution in [0.25, 0.3) is 0 Å². The highest BCUT2D eigenvalue weighted by molar-refractivity contribution is 7.89. The molecule has 1 fully saturated rings. The normalized spacial score (nSPS) is 28.4. The van der Waals surface area contributed by atoms with Crippen molar-refractivity contribution < 1.29 is 18.0 Å². The van der Waals surface area contributed by atoms with Gasteiger partial charge in [-0.15, -0.1) is 0 Å². The van der Waals surface area contributed by atoms with Crippen LogP contribution in [-0.4, -0.2) is 62.2 Å². The molecule has 0 saturated carbocycles. The summed E-state index contributed by atoms with van der Waals surface area (Å²) in [5.74, 6) is 0.245. The number of hydrogen-bond donors (Lipinski definition) is 1. The molecule has 0 aromatic heterocycles. The molecule has 1 N–H and O–H groups in total. The van der Waals surface area contributed by atoms with Crippen LogP contribution in [-0.2, 0) is 14.8 Å². The molecule has 4 bridgehead atoms. The van der Waals surface area contributed by atoms with E-state index in [1.165, 1.54) is 23.5 Å². The van der Waals surface area contributed by atoms with E-state index in [-0.39, 0.29) is 41.1 Å². The van der Waals surface area contributed by atoms with E-state index in [0.29, 0.717) is 37.4 Å². The van der Waals surface area contributed by atoms with Gasteiger partial charge in [-0.2, -0.15) is 4.31 Å². The second kappa shape index (κ2) is 10.2. The van der Waals surface area contributed by atoms with Crippen molar-refractivity contribution in [3.63, 3.8) is 0 Å². The van der Waals surface area contributed by atoms with Gasteiger partial charge in [-0.25, -0.2) is 8.42 Å². The summed E-state index contributed by atoms with van der Waals surface area (Å²) < 4.78 is 27.3. The molecule has 1 saturated heterocycles. The van der Waals surface area contributed by atoms with Gasteiger partial charge in [0.1, 0.15) is 0 Å². The number of rotatable bonds is 2. The van der Waals surface area contributed by atoms with E-state index in [1.54, 1.807) is 17.0 Å². The Morgan fingerprint density at radius 1 is 1.16 bits per heavy atom. The average Bonchev–Trinajstić information content (AvgIpc) is 3.11. The molecule has 8 heteroatoms. The highest BCUT2D eigenvalue weighted by Crippen LogP contribution is 2.24. The molecule has 3 rings (SSSR count). The molecule has 2 heterocycles. The number of likely N-dealkylation sites (N-methyl/N-ethyl adjacent to an activating group) is 1. The molecular weight excluding hydrogens is 426 g/mol. The van der Waals surface area contributed by atoms with E-state index in [2.05, 4.69) is 19.2 Å². The van der Waals surface area contributed by atoms with Crippen molar-refractivity contribution in [2.45, 2.75) is 51.0 Å². The molecule has 1 unspecified atom stereocenters. The number of hydrogen-bond acceptors (Lipinski definition) is 4. The van der Waals surface area contributed by atoms with Crippen molar-refractivity contribution in [2.75, 3.05) is 26.7 Å². The fraction of sp³-hybridized carbons (Fsp3) is 0.583. The summed E-state index contributed by atoms with van der Waals surface area (Å²) in [6.07, 6.45) is 5.99. The van der Waals surface area contributed by atoms with Crippen LogP contribution < -0.4 is 5.32 Å². The first kappa shape index (κ1) is 24.5. The Morgan fingerprint density at radius 2 is 1.91 bits per heavy atom. The molecule has 2 aliphatic heterocycles. The zero-order chi connectivity index (χ0) is 23.5. The number of nitrogens with one attached hydrogen (secondary N) is 1. The lowest BCUT2D eigenvalue weighted by Gasteiger charge is -2.23. The minimum absolute atomic E-state index is 0.0456. The summed E-state index contributed by atoms with van der Waals surface area (Å²) >= 11 is 0. The Kier molecular flexibility index (Phi) is 7.77. The maximum atomic E-state index is 13.1. The quantitative estimate of drug-likeness (QED) is 0.686. The Labute approximate surface area is 191 Å². The molecule has 7 nitrogen and oxygen atoms in total. The fourth-order valence-electron chi connectivity index (χ4n) is 4.43. The van der Waals surface area contributed by atoms with Crippen molar-refractivity contribution in [3.05, 3.63) is 42.0 Å². The SMILES string of the molecule is CC(C)CC1CC/C=C/CN(C)S(=O)(=O)c2cccc(c2)C(=O)N2C[C@@H](C)[C@H](C2)NC1=O. The molecule has 0 radical (unpaired) electrons. The largest absolute Gasteiger partial charge is 0.351 e. The van der Waals surface area contributed by atoms with Crippen molar-refractivity contribution in [1.29, 1.82) is 0 Å². The van der Waals surface area contributed by atoms with Crippen molar-refractivity contribution >= 4 is 21.8 Å². The Morgan fingerprint density at radius 3 is 2.62 bits per heavy atom. The number of fused-ring (bicyclic) bond motifs is 4. The first-order valence-electron chi connectivity index (χ1n) is 11.4. The average molecular weight is 462 g/mol. The van der Waals surface area contributed by atoms with E-state index in [9.17, 15) is 18.0 Å². The standard InChI is InChI=1S/C24H35N3O4S/c1-17(2)13-19-9-6-5-7-12-26(4)32(30,31)21-11-8-10-20(14-21)24(29)27-15-18(3)22(16-27)25-23(19)28/h5,7-8,10-11,14,17-19,22H,6,9,12-13,15-16H2,1-4H3,(H,25,28)/b7-5+/t18-,19?,22+/m1/s1. The first-order valence-corrected chi connectivity index (χ1v) is 12.8. The number of carbonyl (C=O) groups is 2. The Balaban J connectivity index is 1.93. The van der Waals surface area contributed by atoms with Gasteiger partial charge in [0, 0.05) is 38.2 Å². The van der Waals surface area contributed by atoms with Gasteiger partial charge in [-0.1, -0.05) is 39.0 Å². The van der Waals surface area contributed by atoms with Crippen LogP contribution in [0.15, 0.2) is 41.3 Å². The number of nitrogens with zero attached hydrogens (tertiary/aromatic N) is 2. The molecule has 3 atom stereocenters. The van der Waals surface area contributed by atoms with Crippen molar-refractivity contribution in [3.8, 4) is 0 Å². The van der Waals surface area contributed by atoms with Gasteiger partial charge in [-0.3, -0.25) is 9.59 Å². The van der Waals surface area contributed by atoms with Gasteiger partial charge in [0.25, 0.3) is 5.91 Å². The van der Waals surface area contributed by atoms with E-state index < -0.39 is 10.0 Å². The predicted octanol–water partition coefficient (Wildman–Crippen LogP) is 2.90. The molecule has 2 aliphatic rings. The second-order valence-corrected chi connectivity index (χ2v) is 11.5. The number of carbonyl (C=O) groups excluding carboxylic acids is 2. The monoisotopic (exact) mass is 461 g/mol. The number of allylic oxidation sites excluding steroid dienone is 1. The third-order valence-electron chi connectivity index (χ3n) is 6.35. The number of benzene rings is 1. The molecule has 2 amide bonds. The van der Waals surface area contributed by atoms with Gasteiger partial charge in [0.15, 0.2) is 0 Å². The highest BCUT2D eigenvalue weighted by atomic mass is 32.2. The van der Waals surface area contributed by atoms with Crippen LogP contribution in [0, 0.1) is 17.8 Å². The first-order chi connectivity index (χ1) is 15.1. The predicted molar refractivity (Wildman–Crippen MR) is 125 cm³/mol. The molecule has 0 spiro atoms. The lowest BCUT2D eigenvalue weighted by atomic mass is 9.91. The Bertz CT molecular complexity index is 973. The van der Waals surface area contributed by atoms with Gasteiger partial charge in [-0.05, 0) is 49.3 Å². The van der Waals surface area contributed by atoms with Crippen LogP contribution in [0.1, 0.15) is 50.4 Å². The summed E-state index contributed by atoms with van der Waals surface area (Å²) in [7, 11) is -2.18. The molecular formula is C24H35N3O4S. The van der Waals surface area contributed by atoms with E-state index in [4.69, 9.17) is 0 Å². The minimum atomic E-state index is -3.71. The van der Waals surface area contributed by atoms with Crippen LogP contribution in [0.5, 0.6) is 0 Å². The zero-order valence-electron chi connectivity index (χ0n) is 19.5. The van der Waals surface area contributed by atoms with E-state index in [1.807, 2.05) is 19.1 Å². The van der Waals surface area contributed by atoms with Gasteiger partial charge in [0.05, 0.1) is 10.9 Å². The van der Waals surface area contributed by atoms with Crippen LogP contribution in [0.3, 0.4) is 0 Å². The summed E-state index contributed by atoms with van der Waals surface area (Å²) in [6.45, 7) is 7.44. The zero-order valence-corrected chi connectivity index (χ0v) is 20.3. The number of amides is 2. The second-order valence-electron chi connectivity index (χ2n) is 9.49. The fourth-order valence-corrected chi connectivity index (χ4v) is 5.60. The third-order valence-corrected chi connectivity index (χ3v) is 8.17. The van der Waals surface area contributed by atoms with E-state index >= 15 is 0 Å². The van der Waals surface area contributed by atoms with Crippen LogP contribution in [0.4, 0.5) is 0 Å². The lowest BCUT2D eigenvalue weighted by molar-refractivity contribution is -0.126. The van der Waals surface area contributed by atoms with Gasteiger partial charge in [0.2, 0.25) is 15.9 Å². The highest BCUT2D eigenvalue weighted by Gasteiger charge is 2.35. The van der Waals surface area contributed by atoms with Gasteiger partial charge >= 0.3 is 0 Å². The summed E-state index contributed by atoms with van der Waals surface area (Å²) in [5.41, 5.74) is 0.344. The lowest BCUT2D eigenvalue weighted by Crippen LogP contribution is -2.43. The molecule has 1 aromatic rings. The maximum Gasteiger partial charge on any atom is 0.253 e. The van der Waals surface area contributed by atoms with Crippen molar-refractivity contribution in [2.24, 2.45) is 17.8 Å². The summed E-state index contributed by atoms with van der Waals surface area (Å²) in [4.78, 5) is 28.0. The topological polar surface area (TPSA) is 86.8 Å². The number of sulfonamides is 1. The van der Waals surface area contributed by atoms with Crippen LogP contribution >= 0.6 is 0 Å². The maximum absolute atomic E-state index is 13.1. The molecule has 176 valence electrons. The van der Waals surface area contributed by atoms with E-state index in [0.717, 1.165) is 6.42 Å². The third kappa shape index (κ3) is 5.59. The molecule has 32 heavy (non-hydrogen) atoms. The molecule has 1 aromatic carbocycles. The molecule has 0 aliphatic carbocycles. The summed E-state index contributed by atoms with van der Waals surface area (Å²) in [6, 6.07) is 6.11. The van der Waals surface area contributed by atoms with Gasteiger partial charge < -0.3 is 10.2 Å². The summed E-state index contributed by atoms with van der Waals surface area (Å²) in [5, 5.41) is 3.19. The van der Waals surface area contributed by atoms with Crippen molar-refractivity contribution in [1.82, 2.24) is 14.5 Å². The Hall–Kier alpha value is -2.19.